The molecule has 14 heavy (non-hydrogen) atoms. The zero-order valence-electron chi connectivity index (χ0n) is 5.73. The van der Waals surface area contributed by atoms with E-state index in [2.05, 4.69) is 0 Å². The molecular weight excluding hydrogens is 257 g/mol. The van der Waals surface area contributed by atoms with E-state index >= 15 is 0 Å². The number of rotatable bonds is 2. The fraction of sp³-hybridized carbons (Fsp3) is 1.00. The Bertz CT molecular complexity index is 184. The van der Waals surface area contributed by atoms with Gasteiger partial charge in [0.2, 0.25) is 0 Å². The van der Waals surface area contributed by atoms with Crippen LogP contribution < -0.4 is 0 Å². The van der Waals surface area contributed by atoms with E-state index in [0.29, 0.717) is 0 Å². The highest BCUT2D eigenvalue weighted by atomic mass is 31.3. The van der Waals surface area contributed by atoms with Gasteiger partial charge in [-0.15, -0.1) is 0 Å². The molecule has 0 nitrogen and oxygen atoms in total. The normalized spacial score (nSPS) is 15.9. The SMILES string of the molecule is FC(F)(F)C(F)(F)C(F)(F)[P+](F)(F)F. The molecule has 0 N–H and O–H groups in total. The van der Waals surface area contributed by atoms with Crippen molar-refractivity contribution < 1.29 is 43.3 Å². The van der Waals surface area contributed by atoms with Crippen molar-refractivity contribution in [1.82, 2.24) is 0 Å². The molecule has 0 aliphatic carbocycles. The van der Waals surface area contributed by atoms with Crippen molar-refractivity contribution in [3.8, 4) is 0 Å². The van der Waals surface area contributed by atoms with Crippen LogP contribution in [0, 0.1) is 0 Å². The monoisotopic (exact) mass is 257 g/mol. The highest BCUT2D eigenvalue weighted by Crippen LogP contribution is 2.79. The van der Waals surface area contributed by atoms with Gasteiger partial charge in [-0.25, -0.2) is 0 Å². The van der Waals surface area contributed by atoms with Gasteiger partial charge in [-0.3, -0.25) is 0 Å². The van der Waals surface area contributed by atoms with E-state index in [-0.39, 0.29) is 0 Å². The summed E-state index contributed by atoms with van der Waals surface area (Å²) >= 11 is 0. The zero-order chi connectivity index (χ0) is 12.0. The van der Waals surface area contributed by atoms with Crippen LogP contribution in [0.1, 0.15) is 0 Å². The minimum Gasteiger partial charge on any atom is -0.185 e. The zero-order valence-corrected chi connectivity index (χ0v) is 6.62. The molecule has 0 rings (SSSR count). The minimum absolute atomic E-state index is 6.94. The quantitative estimate of drug-likeness (QED) is 0.506. The molecule has 0 unspecified atom stereocenters. The van der Waals surface area contributed by atoms with Crippen LogP contribution in [0.15, 0.2) is 0 Å². The second-order valence-corrected chi connectivity index (χ2v) is 3.51. The van der Waals surface area contributed by atoms with Gasteiger partial charge in [-0.05, 0) is 0 Å². The molecule has 0 fully saturated rings. The lowest BCUT2D eigenvalue weighted by Gasteiger charge is -2.22. The van der Waals surface area contributed by atoms with E-state index in [4.69, 9.17) is 0 Å². The van der Waals surface area contributed by atoms with Crippen LogP contribution in [-0.4, -0.2) is 17.8 Å². The van der Waals surface area contributed by atoms with Crippen LogP contribution in [0.3, 0.4) is 0 Å². The Morgan fingerprint density at radius 1 is 0.643 bits per heavy atom. The Morgan fingerprint density at radius 2 is 0.929 bits per heavy atom. The number of hydrogen-bond acceptors (Lipinski definition) is 0. The Kier molecular flexibility index (Phi) is 3.05. The first-order valence-electron chi connectivity index (χ1n) is 2.55. The van der Waals surface area contributed by atoms with Crippen LogP contribution >= 0.6 is 8.19 Å². The summed E-state index contributed by atoms with van der Waals surface area (Å²) in [5, 5.41) is 0. The molecule has 11 heteroatoms. The molecule has 0 aliphatic heterocycles. The van der Waals surface area contributed by atoms with Gasteiger partial charge in [0.15, 0.2) is 0 Å². The first kappa shape index (κ1) is 13.7. The van der Waals surface area contributed by atoms with E-state index < -0.39 is 26.0 Å². The van der Waals surface area contributed by atoms with Crippen molar-refractivity contribution in [2.24, 2.45) is 0 Å². The van der Waals surface area contributed by atoms with Crippen molar-refractivity contribution in [2.75, 3.05) is 0 Å². The second-order valence-electron chi connectivity index (χ2n) is 2.06. The molecule has 0 saturated heterocycles. The number of alkyl halides is 7. The van der Waals surface area contributed by atoms with Gasteiger partial charge in [-0.1, -0.05) is 0 Å². The maximum atomic E-state index is 11.7. The molecule has 0 radical (unpaired) electrons. The summed E-state index contributed by atoms with van der Waals surface area (Å²) in [6, 6.07) is 0. The van der Waals surface area contributed by atoms with Crippen molar-refractivity contribution in [3.05, 3.63) is 0 Å². The van der Waals surface area contributed by atoms with Gasteiger partial charge in [0, 0.05) is 12.6 Å². The molecule has 0 aromatic heterocycles. The highest BCUT2D eigenvalue weighted by molar-refractivity contribution is 7.61. The topological polar surface area (TPSA) is 0 Å². The highest BCUT2D eigenvalue weighted by Gasteiger charge is 2.91. The smallest absolute Gasteiger partial charge is 0.185 e. The fourth-order valence-corrected chi connectivity index (χ4v) is 0.775. The van der Waals surface area contributed by atoms with E-state index in [9.17, 15) is 43.3 Å². The Labute approximate surface area is 70.6 Å². The van der Waals surface area contributed by atoms with E-state index in [0.717, 1.165) is 0 Å². The summed E-state index contributed by atoms with van der Waals surface area (Å²) in [4.78, 5) is 0. The van der Waals surface area contributed by atoms with E-state index in [1.54, 1.807) is 0 Å². The third-order valence-corrected chi connectivity index (χ3v) is 1.97. The van der Waals surface area contributed by atoms with Gasteiger partial charge in [0.1, 0.15) is 0 Å². The Balaban J connectivity index is 5.30. The van der Waals surface area contributed by atoms with E-state index in [1.165, 1.54) is 0 Å². The summed E-state index contributed by atoms with van der Waals surface area (Å²) in [5.41, 5.74) is -7.03. The first-order valence-corrected chi connectivity index (χ1v) is 4.01. The van der Waals surface area contributed by atoms with Gasteiger partial charge in [-0.2, -0.15) is 30.7 Å². The van der Waals surface area contributed by atoms with Crippen LogP contribution in [0.4, 0.5) is 43.3 Å². The number of halogens is 10. The largest absolute Gasteiger partial charge is 0.645 e. The standard InChI is InChI=1S/C3F10P/c4-1(5,2(6,7)8)3(9,10)14(11,12)13/q+1. The van der Waals surface area contributed by atoms with Gasteiger partial charge in [0.25, 0.3) is 0 Å². The predicted molar refractivity (Wildman–Crippen MR) is 26.2 cm³/mol. The van der Waals surface area contributed by atoms with Crippen LogP contribution in [0.2, 0.25) is 0 Å². The van der Waals surface area contributed by atoms with Gasteiger partial charge < -0.3 is 0 Å². The molecule has 0 amide bonds. The molecule has 0 aromatic carbocycles. The summed E-state index contributed by atoms with van der Waals surface area (Å²) in [7, 11) is -8.14. The third-order valence-electron chi connectivity index (χ3n) is 1.05. The molecule has 0 spiro atoms. The van der Waals surface area contributed by atoms with Crippen molar-refractivity contribution in [3.63, 3.8) is 0 Å². The Morgan fingerprint density at radius 3 is 1.00 bits per heavy atom. The van der Waals surface area contributed by atoms with Crippen molar-refractivity contribution >= 4 is 8.19 Å². The summed E-state index contributed by atoms with van der Waals surface area (Å²) in [5.74, 6) is -7.09. The fourth-order valence-electron chi connectivity index (χ4n) is 0.330. The molecule has 86 valence electrons. The maximum Gasteiger partial charge on any atom is 0.645 e. The lowest BCUT2D eigenvalue weighted by Crippen LogP contribution is -2.51. The average Bonchev–Trinajstić information content (AvgIpc) is 1.81. The average molecular weight is 257 g/mol. The first-order chi connectivity index (χ1) is 5.75. The van der Waals surface area contributed by atoms with Crippen LogP contribution in [0.5, 0.6) is 0 Å². The van der Waals surface area contributed by atoms with E-state index in [1.807, 2.05) is 0 Å². The molecular formula is C3F10P+. The van der Waals surface area contributed by atoms with Gasteiger partial charge in [0.05, 0.1) is 0 Å². The molecule has 0 bridgehead atoms. The van der Waals surface area contributed by atoms with Crippen molar-refractivity contribution in [1.29, 1.82) is 0 Å². The predicted octanol–water partition coefficient (Wildman–Crippen LogP) is 4.45. The van der Waals surface area contributed by atoms with Crippen LogP contribution in [-0.2, 0) is 0 Å². The maximum absolute atomic E-state index is 11.7. The molecule has 0 atom stereocenters. The molecule has 0 heterocycles. The molecule has 0 aliphatic rings. The lowest BCUT2D eigenvalue weighted by molar-refractivity contribution is -0.335. The minimum atomic E-state index is -8.14. The lowest BCUT2D eigenvalue weighted by atomic mass is 10.3. The summed E-state index contributed by atoms with van der Waals surface area (Å²) < 4.78 is 114. The summed E-state index contributed by atoms with van der Waals surface area (Å²) in [6.45, 7) is 0. The Hall–Kier alpha value is -0.270. The van der Waals surface area contributed by atoms with Crippen LogP contribution in [0.25, 0.3) is 0 Å². The summed E-state index contributed by atoms with van der Waals surface area (Å²) in [6.07, 6.45) is -6.94. The van der Waals surface area contributed by atoms with Crippen molar-refractivity contribution in [2.45, 2.75) is 17.8 Å². The van der Waals surface area contributed by atoms with Gasteiger partial charge >= 0.3 is 26.0 Å². The second kappa shape index (κ2) is 3.11. The third kappa shape index (κ3) is 1.89. The number of hydrogen-bond donors (Lipinski definition) is 0. The molecule has 0 aromatic rings. The molecule has 0 saturated carbocycles.